The van der Waals surface area contributed by atoms with Gasteiger partial charge in [0.25, 0.3) is 0 Å². The van der Waals surface area contributed by atoms with Crippen molar-refractivity contribution in [1.82, 2.24) is 5.32 Å². The number of nitrogens with one attached hydrogen (secondary N) is 1. The summed E-state index contributed by atoms with van der Waals surface area (Å²) in [6, 6.07) is 7.91. The van der Waals surface area contributed by atoms with Crippen LogP contribution in [0, 0.1) is 5.41 Å². The van der Waals surface area contributed by atoms with E-state index in [4.69, 9.17) is 16.7 Å². The van der Waals surface area contributed by atoms with E-state index >= 15 is 0 Å². The maximum absolute atomic E-state index is 8.95. The third-order valence-corrected chi connectivity index (χ3v) is 3.74. The Morgan fingerprint density at radius 3 is 2.69 bits per heavy atom. The molecule has 1 saturated carbocycles. The Bertz CT molecular complexity index is 350. The van der Waals surface area contributed by atoms with Gasteiger partial charge in [-0.05, 0) is 36.3 Å². The molecule has 1 aromatic rings. The van der Waals surface area contributed by atoms with Gasteiger partial charge < -0.3 is 10.4 Å². The van der Waals surface area contributed by atoms with Crippen LogP contribution in [0.15, 0.2) is 24.3 Å². The SMILES string of the molecule is OCCC1(CNCc2ccccc2Cl)CC1. The Hall–Kier alpha value is -0.570. The molecule has 2 rings (SSSR count). The lowest BCUT2D eigenvalue weighted by Crippen LogP contribution is -2.24. The van der Waals surface area contributed by atoms with Crippen molar-refractivity contribution in [3.8, 4) is 0 Å². The quantitative estimate of drug-likeness (QED) is 0.800. The number of halogens is 1. The molecule has 1 fully saturated rings. The molecular formula is C13H18ClNO. The predicted molar refractivity (Wildman–Crippen MR) is 66.5 cm³/mol. The topological polar surface area (TPSA) is 32.3 Å². The largest absolute Gasteiger partial charge is 0.396 e. The predicted octanol–water partition coefficient (Wildman–Crippen LogP) is 2.59. The summed E-state index contributed by atoms with van der Waals surface area (Å²) in [5.74, 6) is 0. The second kappa shape index (κ2) is 5.17. The highest BCUT2D eigenvalue weighted by atomic mass is 35.5. The molecule has 1 aliphatic carbocycles. The normalized spacial score (nSPS) is 17.4. The van der Waals surface area contributed by atoms with E-state index in [1.807, 2.05) is 24.3 Å². The summed E-state index contributed by atoms with van der Waals surface area (Å²) in [6.45, 7) is 2.10. The van der Waals surface area contributed by atoms with Gasteiger partial charge in [-0.1, -0.05) is 29.8 Å². The van der Waals surface area contributed by atoms with E-state index in [1.165, 1.54) is 12.8 Å². The van der Waals surface area contributed by atoms with Crippen molar-refractivity contribution < 1.29 is 5.11 Å². The van der Waals surface area contributed by atoms with E-state index in [9.17, 15) is 0 Å². The number of aliphatic hydroxyl groups excluding tert-OH is 1. The van der Waals surface area contributed by atoms with Crippen molar-refractivity contribution in [2.45, 2.75) is 25.8 Å². The molecule has 0 spiro atoms. The molecule has 2 N–H and O–H groups in total. The van der Waals surface area contributed by atoms with Crippen LogP contribution >= 0.6 is 11.6 Å². The molecule has 1 aliphatic rings. The Kier molecular flexibility index (Phi) is 3.85. The van der Waals surface area contributed by atoms with Gasteiger partial charge in [-0.15, -0.1) is 0 Å². The lowest BCUT2D eigenvalue weighted by molar-refractivity contribution is 0.245. The molecular weight excluding hydrogens is 222 g/mol. The molecule has 0 aromatic heterocycles. The van der Waals surface area contributed by atoms with Gasteiger partial charge in [0.2, 0.25) is 0 Å². The van der Waals surface area contributed by atoms with Crippen molar-refractivity contribution in [1.29, 1.82) is 0 Å². The van der Waals surface area contributed by atoms with E-state index in [-0.39, 0.29) is 0 Å². The average molecular weight is 240 g/mol. The summed E-state index contributed by atoms with van der Waals surface area (Å²) >= 11 is 6.07. The molecule has 0 radical (unpaired) electrons. The van der Waals surface area contributed by atoms with Crippen molar-refractivity contribution in [2.75, 3.05) is 13.2 Å². The minimum absolute atomic E-state index is 0.299. The summed E-state index contributed by atoms with van der Waals surface area (Å²) in [7, 11) is 0. The first kappa shape index (κ1) is 11.9. The van der Waals surface area contributed by atoms with E-state index in [0.29, 0.717) is 12.0 Å². The van der Waals surface area contributed by atoms with Crippen LogP contribution in [0.4, 0.5) is 0 Å². The Morgan fingerprint density at radius 1 is 1.31 bits per heavy atom. The third-order valence-electron chi connectivity index (χ3n) is 3.37. The molecule has 0 unspecified atom stereocenters. The first-order valence-electron chi connectivity index (χ1n) is 5.81. The minimum Gasteiger partial charge on any atom is -0.396 e. The highest BCUT2D eigenvalue weighted by molar-refractivity contribution is 6.31. The van der Waals surface area contributed by atoms with Gasteiger partial charge in [-0.2, -0.15) is 0 Å². The van der Waals surface area contributed by atoms with Gasteiger partial charge >= 0.3 is 0 Å². The molecule has 0 bridgehead atoms. The number of hydrogen-bond acceptors (Lipinski definition) is 2. The summed E-state index contributed by atoms with van der Waals surface area (Å²) in [5.41, 5.74) is 1.51. The molecule has 0 atom stereocenters. The van der Waals surface area contributed by atoms with Crippen LogP contribution < -0.4 is 5.32 Å². The zero-order chi connectivity index (χ0) is 11.4. The zero-order valence-corrected chi connectivity index (χ0v) is 10.1. The third kappa shape index (κ3) is 2.97. The highest BCUT2D eigenvalue weighted by Gasteiger charge is 2.41. The smallest absolute Gasteiger partial charge is 0.0450 e. The lowest BCUT2D eigenvalue weighted by atomic mass is 10.0. The van der Waals surface area contributed by atoms with Gasteiger partial charge in [0.15, 0.2) is 0 Å². The molecule has 0 aliphatic heterocycles. The molecule has 0 saturated heterocycles. The van der Waals surface area contributed by atoms with Crippen LogP contribution in [0.2, 0.25) is 5.02 Å². The molecule has 1 aromatic carbocycles. The lowest BCUT2D eigenvalue weighted by Gasteiger charge is -2.14. The van der Waals surface area contributed by atoms with E-state index in [2.05, 4.69) is 5.32 Å². The van der Waals surface area contributed by atoms with E-state index < -0.39 is 0 Å². The molecule has 88 valence electrons. The summed E-state index contributed by atoms with van der Waals surface area (Å²) < 4.78 is 0. The van der Waals surface area contributed by atoms with Crippen LogP contribution in [0.1, 0.15) is 24.8 Å². The number of aliphatic hydroxyl groups is 1. The van der Waals surface area contributed by atoms with Crippen LogP contribution in [0.3, 0.4) is 0 Å². The number of benzene rings is 1. The van der Waals surface area contributed by atoms with Crippen LogP contribution in [-0.4, -0.2) is 18.3 Å². The molecule has 0 amide bonds. The van der Waals surface area contributed by atoms with E-state index in [1.54, 1.807) is 0 Å². The fourth-order valence-electron chi connectivity index (χ4n) is 2.03. The van der Waals surface area contributed by atoms with Gasteiger partial charge in [-0.25, -0.2) is 0 Å². The van der Waals surface area contributed by atoms with Crippen LogP contribution in [0.5, 0.6) is 0 Å². The van der Waals surface area contributed by atoms with Gasteiger partial charge in [-0.3, -0.25) is 0 Å². The number of hydrogen-bond donors (Lipinski definition) is 2. The molecule has 2 nitrogen and oxygen atoms in total. The average Bonchev–Trinajstić information content (AvgIpc) is 3.02. The molecule has 16 heavy (non-hydrogen) atoms. The van der Waals surface area contributed by atoms with Crippen molar-refractivity contribution in [2.24, 2.45) is 5.41 Å². The van der Waals surface area contributed by atoms with Gasteiger partial charge in [0.1, 0.15) is 0 Å². The van der Waals surface area contributed by atoms with Crippen LogP contribution in [-0.2, 0) is 6.54 Å². The standard InChI is InChI=1S/C13H18ClNO/c14-12-4-2-1-3-11(12)9-15-10-13(5-6-13)7-8-16/h1-4,15-16H,5-10H2. The van der Waals surface area contributed by atoms with E-state index in [0.717, 1.165) is 30.1 Å². The summed E-state index contributed by atoms with van der Waals surface area (Å²) in [4.78, 5) is 0. The Morgan fingerprint density at radius 2 is 2.06 bits per heavy atom. The zero-order valence-electron chi connectivity index (χ0n) is 9.38. The molecule has 0 heterocycles. The molecule has 3 heteroatoms. The second-order valence-electron chi connectivity index (χ2n) is 4.67. The summed E-state index contributed by atoms with van der Waals surface area (Å²) in [5, 5.41) is 13.2. The van der Waals surface area contributed by atoms with Crippen LogP contribution in [0.25, 0.3) is 0 Å². The van der Waals surface area contributed by atoms with Gasteiger partial charge in [0.05, 0.1) is 0 Å². The van der Waals surface area contributed by atoms with Crippen molar-refractivity contribution >= 4 is 11.6 Å². The maximum atomic E-state index is 8.95. The first-order chi connectivity index (χ1) is 7.76. The van der Waals surface area contributed by atoms with Gasteiger partial charge in [0, 0.05) is 24.7 Å². The summed E-state index contributed by atoms with van der Waals surface area (Å²) in [6.07, 6.45) is 3.40. The van der Waals surface area contributed by atoms with Crippen molar-refractivity contribution in [3.63, 3.8) is 0 Å². The monoisotopic (exact) mass is 239 g/mol. The fraction of sp³-hybridized carbons (Fsp3) is 0.538. The second-order valence-corrected chi connectivity index (χ2v) is 5.08. The fourth-order valence-corrected chi connectivity index (χ4v) is 2.24. The maximum Gasteiger partial charge on any atom is 0.0450 e. The Labute approximate surface area is 102 Å². The first-order valence-corrected chi connectivity index (χ1v) is 6.19. The highest BCUT2D eigenvalue weighted by Crippen LogP contribution is 2.47. The number of rotatable bonds is 6. The Balaban J connectivity index is 1.78. The van der Waals surface area contributed by atoms with Crippen molar-refractivity contribution in [3.05, 3.63) is 34.9 Å². The minimum atomic E-state index is 0.299.